The lowest BCUT2D eigenvalue weighted by atomic mass is 9.86. The molecule has 0 radical (unpaired) electrons. The van der Waals surface area contributed by atoms with Crippen LogP contribution in [0, 0.1) is 11.8 Å². The van der Waals surface area contributed by atoms with Crippen molar-refractivity contribution >= 4 is 41.2 Å². The highest BCUT2D eigenvalue weighted by Gasteiger charge is 2.50. The third-order valence-corrected chi connectivity index (χ3v) is 16.4. The maximum atomic E-state index is 14.8. The summed E-state index contributed by atoms with van der Waals surface area (Å²) in [5.74, 6) is -9.74. The molecule has 0 saturated carbocycles. The average Bonchev–Trinajstić information content (AvgIpc) is 2.08. The van der Waals surface area contributed by atoms with E-state index in [1.165, 1.54) is 43.3 Å². The quantitative estimate of drug-likeness (QED) is 0.0486. The minimum atomic E-state index is -2.18. The number of carbonyl (C=O) groups excluding carboxylic acids is 7. The topological polar surface area (TPSA) is 354 Å². The number of Topliss-reactive ketones (excluding diaryl/α,β-unsaturated/α-hetero) is 1. The second-order valence-electron chi connectivity index (χ2n) is 24.4. The van der Waals surface area contributed by atoms with Crippen LogP contribution in [0.15, 0.2) is 97.1 Å². The van der Waals surface area contributed by atoms with Crippen molar-refractivity contribution < 1.29 is 88.4 Å². The summed E-state index contributed by atoms with van der Waals surface area (Å²) in [6.45, 7) is 5.92. The number of nitrogens with one attached hydrogen (secondary N) is 4. The molecule has 12 N–H and O–H groups in total. The van der Waals surface area contributed by atoms with Gasteiger partial charge in [0, 0.05) is 43.8 Å². The predicted octanol–water partition coefficient (Wildman–Crippen LogP) is 0.894. The van der Waals surface area contributed by atoms with Crippen molar-refractivity contribution in [1.82, 2.24) is 31.1 Å². The number of aromatic hydroxyl groups is 1. The molecule has 24 heteroatoms. The van der Waals surface area contributed by atoms with Gasteiger partial charge in [0.25, 0.3) is 5.91 Å². The van der Waals surface area contributed by atoms with Gasteiger partial charge in [-0.25, -0.2) is 0 Å². The Morgan fingerprint density at radius 2 is 1.23 bits per heavy atom. The summed E-state index contributed by atoms with van der Waals surface area (Å²) in [5, 5.41) is 101. The molecule has 6 unspecified atom stereocenters. The van der Waals surface area contributed by atoms with Crippen LogP contribution in [-0.4, -0.2) is 223 Å². The van der Waals surface area contributed by atoms with Crippen molar-refractivity contribution in [2.75, 3.05) is 54.0 Å². The molecule has 0 spiro atoms. The van der Waals surface area contributed by atoms with Gasteiger partial charge in [0.15, 0.2) is 12.0 Å². The second kappa shape index (κ2) is 30.2. The Morgan fingerprint density at radius 3 is 1.78 bits per heavy atom. The number of phenols is 1. The molecule has 4 aromatic carbocycles. The molecule has 88 heavy (non-hydrogen) atoms. The van der Waals surface area contributed by atoms with Crippen molar-refractivity contribution in [2.45, 2.75) is 145 Å². The number of aliphatic hydroxyl groups excluding tert-OH is 7. The molecule has 3 aliphatic heterocycles. The molecule has 0 aromatic heterocycles. The molecule has 0 aliphatic carbocycles. The van der Waals surface area contributed by atoms with Gasteiger partial charge in [-0.15, -0.1) is 0 Å². The summed E-state index contributed by atoms with van der Waals surface area (Å²) in [7, 11) is 5.54. The third-order valence-electron chi connectivity index (χ3n) is 16.4. The number of hydrogen-bond acceptors (Lipinski definition) is 17. The first kappa shape index (κ1) is 68.1. The van der Waals surface area contributed by atoms with Gasteiger partial charge in [0.05, 0.1) is 76.8 Å². The number of nitrogens with zero attached hydrogens (tertiary/aromatic N) is 3. The number of rotatable bonds is 18. The van der Waals surface area contributed by atoms with Gasteiger partial charge < -0.3 is 85.9 Å². The number of ether oxygens (including phenoxy) is 2. The van der Waals surface area contributed by atoms with E-state index in [-0.39, 0.29) is 30.0 Å². The normalized spacial score (nSPS) is 26.8. The highest BCUT2D eigenvalue weighted by atomic mass is 16.5. The average molecular weight is 1230 g/mol. The number of likely N-dealkylation sites (N-methyl/N-ethyl adjacent to an activating group) is 1. The van der Waals surface area contributed by atoms with Crippen LogP contribution in [0.4, 0.5) is 0 Å². The first-order valence-corrected chi connectivity index (χ1v) is 29.9. The number of phenolic OH excluding ortho intramolecular Hbond substituents is 1. The first-order chi connectivity index (χ1) is 41.6. The molecule has 15 atom stereocenters. The summed E-state index contributed by atoms with van der Waals surface area (Å²) in [6, 6.07) is 17.9. The zero-order chi connectivity index (χ0) is 64.3. The van der Waals surface area contributed by atoms with Crippen LogP contribution in [0.5, 0.6) is 11.5 Å². The third kappa shape index (κ3) is 17.3. The van der Waals surface area contributed by atoms with Gasteiger partial charge in [0.2, 0.25) is 29.5 Å². The van der Waals surface area contributed by atoms with Crippen LogP contribution in [-0.2, 0) is 33.5 Å². The van der Waals surface area contributed by atoms with Gasteiger partial charge in [0.1, 0.15) is 54.4 Å². The van der Waals surface area contributed by atoms with Gasteiger partial charge in [-0.2, -0.15) is 0 Å². The van der Waals surface area contributed by atoms with Crippen molar-refractivity contribution in [3.8, 4) is 33.8 Å². The van der Waals surface area contributed by atoms with Crippen molar-refractivity contribution in [2.24, 2.45) is 11.8 Å². The molecule has 0 bridgehead atoms. The summed E-state index contributed by atoms with van der Waals surface area (Å²) >= 11 is 0. The predicted molar refractivity (Wildman–Crippen MR) is 321 cm³/mol. The molecule has 3 saturated heterocycles. The number of fused-ring (bicyclic) bond motifs is 2. The van der Waals surface area contributed by atoms with Crippen molar-refractivity contribution in [1.29, 1.82) is 0 Å². The lowest BCUT2D eigenvalue weighted by molar-refractivity contribution is -0.870. The SMILES string of the molecule is CCCCCOc1ccc(-c2ccc(-c3ccc(C(=O)N[C@H]4C[C@@H](O)C(OCC[N+](C)(C)C)NC(=O)C5[C@@H](O)[C@@H](C)CN5C(=O)C([C@@H](C)O)NC(=O)C([C@H](O)[C@@H](O)c5ccc(O)cc5)CC(=O)C5C[C@@H](O)CN5C(=O)C([C@@H](C)O)NC4=O)cc3)cc2)cc1. The number of amides is 6. The van der Waals surface area contributed by atoms with E-state index in [0.29, 0.717) is 17.6 Å². The van der Waals surface area contributed by atoms with Gasteiger partial charge in [-0.1, -0.05) is 87.4 Å². The van der Waals surface area contributed by atoms with E-state index in [0.717, 1.165) is 70.9 Å². The number of hydrogen-bond donors (Lipinski definition) is 12. The number of aliphatic hydroxyl groups is 7. The molecule has 3 heterocycles. The van der Waals surface area contributed by atoms with E-state index < -0.39 is 158 Å². The van der Waals surface area contributed by atoms with E-state index in [4.69, 9.17) is 9.47 Å². The zero-order valence-electron chi connectivity index (χ0n) is 50.8. The van der Waals surface area contributed by atoms with Crippen LogP contribution in [0.1, 0.15) is 88.2 Å². The number of ketones is 1. The number of benzene rings is 4. The Labute approximate surface area is 512 Å². The second-order valence-corrected chi connectivity index (χ2v) is 24.4. The van der Waals surface area contributed by atoms with Crippen LogP contribution >= 0.6 is 0 Å². The smallest absolute Gasteiger partial charge is 0.251 e. The lowest BCUT2D eigenvalue weighted by Gasteiger charge is -2.34. The maximum Gasteiger partial charge on any atom is 0.251 e. The Hall–Kier alpha value is -7.39. The highest BCUT2D eigenvalue weighted by molar-refractivity contribution is 6.00. The molecule has 478 valence electrons. The number of quaternary nitrogens is 1. The largest absolute Gasteiger partial charge is 0.508 e. The summed E-state index contributed by atoms with van der Waals surface area (Å²) in [5.41, 5.74) is 3.54. The lowest BCUT2D eigenvalue weighted by Crippen LogP contribution is -2.61. The minimum absolute atomic E-state index is 0.0229. The van der Waals surface area contributed by atoms with E-state index in [2.05, 4.69) is 28.2 Å². The molecule has 6 amide bonds. The summed E-state index contributed by atoms with van der Waals surface area (Å²) in [6.07, 6.45) is -13.2. The number of unbranched alkanes of at least 4 members (excludes halogenated alkanes) is 2. The fourth-order valence-electron chi connectivity index (χ4n) is 11.1. The van der Waals surface area contributed by atoms with Gasteiger partial charge in [-0.3, -0.25) is 33.6 Å². The van der Waals surface area contributed by atoms with Gasteiger partial charge in [-0.05, 0) is 84.5 Å². The number of carbonyl (C=O) groups is 7. The van der Waals surface area contributed by atoms with E-state index >= 15 is 0 Å². The van der Waals surface area contributed by atoms with Crippen LogP contribution < -0.4 is 26.0 Å². The fraction of sp³-hybridized carbons (Fsp3) is 0.516. The molecule has 4 aromatic rings. The van der Waals surface area contributed by atoms with E-state index in [1.807, 2.05) is 69.7 Å². The zero-order valence-corrected chi connectivity index (χ0v) is 50.8. The highest BCUT2D eigenvalue weighted by Crippen LogP contribution is 2.32. The van der Waals surface area contributed by atoms with Crippen molar-refractivity contribution in [3.05, 3.63) is 108 Å². The van der Waals surface area contributed by atoms with E-state index in [1.54, 1.807) is 12.1 Å². The monoisotopic (exact) mass is 1220 g/mol. The van der Waals surface area contributed by atoms with Crippen LogP contribution in [0.25, 0.3) is 22.3 Å². The Balaban J connectivity index is 1.23. The fourth-order valence-corrected chi connectivity index (χ4v) is 11.1. The Kier molecular flexibility index (Phi) is 23.4. The molecule has 3 fully saturated rings. The molecular weight excluding hydrogens is 1140 g/mol. The summed E-state index contributed by atoms with van der Waals surface area (Å²) in [4.78, 5) is 104. The summed E-state index contributed by atoms with van der Waals surface area (Å²) < 4.78 is 12.3. The Morgan fingerprint density at radius 1 is 0.682 bits per heavy atom. The first-order valence-electron chi connectivity index (χ1n) is 29.9. The molecule has 3 aliphatic rings. The van der Waals surface area contributed by atoms with Gasteiger partial charge >= 0.3 is 0 Å². The maximum absolute atomic E-state index is 14.8. The minimum Gasteiger partial charge on any atom is -0.508 e. The standard InChI is InChI=1S/C64H85N7O17/c1-8-9-10-28-87-46-25-21-41(22-26-46)39-13-11-38(12-14-39)40-15-17-43(18-16-40)58(81)65-48-32-51(77)62(88-29-27-71(5,6)7)68-61(84)54-55(78)35(2)33-70(54)64(86)53(37(4)73)66-59(82)47(57(80)56(79)42-19-23-44(74)24-20-42)31-50(76)49-30-45(75)34-69(49)63(85)52(36(3)72)67-60(48)83/h11-26,35-37,45,47-49,51-57,62,72-73,75,77-80H,8-10,27-34H2,1-7H3,(H4-,65,66,67,68,74,81,82,83,84)/p+1/t35-,36+,37+,45+,47?,48-,49?,51+,52?,53?,54?,55-,56-,57-,62?/m0/s1. The van der Waals surface area contributed by atoms with Crippen LogP contribution in [0.3, 0.4) is 0 Å². The van der Waals surface area contributed by atoms with Crippen LogP contribution in [0.2, 0.25) is 0 Å². The molecular formula is C64H86N7O17+. The molecule has 7 rings (SSSR count). The van der Waals surface area contributed by atoms with Crippen molar-refractivity contribution in [3.63, 3.8) is 0 Å². The molecule has 24 nitrogen and oxygen atoms in total. The Bertz CT molecular complexity index is 3030. The van der Waals surface area contributed by atoms with E-state index in [9.17, 15) is 74.4 Å².